The lowest BCUT2D eigenvalue weighted by molar-refractivity contribution is -0.0847. The van der Waals surface area contributed by atoms with Gasteiger partial charge in [0.25, 0.3) is 0 Å². The van der Waals surface area contributed by atoms with Crippen LogP contribution in [-0.2, 0) is 21.4 Å². The van der Waals surface area contributed by atoms with Crippen LogP contribution in [0.1, 0.15) is 56.0 Å². The van der Waals surface area contributed by atoms with E-state index in [-0.39, 0.29) is 23.2 Å². The summed E-state index contributed by atoms with van der Waals surface area (Å²) in [5, 5.41) is 0. The predicted molar refractivity (Wildman–Crippen MR) is 144 cm³/mol. The molecule has 2 aromatic heterocycles. The summed E-state index contributed by atoms with van der Waals surface area (Å²) < 4.78 is 18.8. The number of benzene rings is 2. The van der Waals surface area contributed by atoms with Gasteiger partial charge in [0.15, 0.2) is 5.65 Å². The highest BCUT2D eigenvalue weighted by Gasteiger charge is 2.42. The van der Waals surface area contributed by atoms with E-state index in [9.17, 15) is 4.79 Å². The van der Waals surface area contributed by atoms with Gasteiger partial charge in [0.2, 0.25) is 0 Å². The molecule has 2 aromatic carbocycles. The largest absolute Gasteiger partial charge is 0.497 e. The highest BCUT2D eigenvalue weighted by molar-refractivity contribution is 6.08. The number of rotatable bonds is 7. The second kappa shape index (κ2) is 9.67. The van der Waals surface area contributed by atoms with E-state index in [1.165, 1.54) is 5.56 Å². The van der Waals surface area contributed by atoms with Crippen LogP contribution in [0.2, 0.25) is 0 Å². The number of anilines is 1. The smallest absolute Gasteiger partial charge is 0.344 e. The lowest BCUT2D eigenvalue weighted by Crippen LogP contribution is -2.44. The van der Waals surface area contributed by atoms with Gasteiger partial charge in [0.05, 0.1) is 30.4 Å². The fourth-order valence-corrected chi connectivity index (χ4v) is 5.70. The summed E-state index contributed by atoms with van der Waals surface area (Å²) in [6.45, 7) is 7.54. The van der Waals surface area contributed by atoms with Crippen LogP contribution in [-0.4, -0.2) is 46.4 Å². The Morgan fingerprint density at radius 2 is 1.81 bits per heavy atom. The first kappa shape index (κ1) is 25.0. The predicted octanol–water partition coefficient (Wildman–Crippen LogP) is 5.27. The number of ether oxygens (including phenoxy) is 3. The van der Waals surface area contributed by atoms with Crippen molar-refractivity contribution in [3.05, 3.63) is 59.7 Å². The van der Waals surface area contributed by atoms with Crippen molar-refractivity contribution in [1.29, 1.82) is 0 Å². The Labute approximate surface area is 216 Å². The molecule has 3 heterocycles. The molecule has 0 amide bonds. The van der Waals surface area contributed by atoms with E-state index in [2.05, 4.69) is 26.0 Å². The summed E-state index contributed by atoms with van der Waals surface area (Å²) in [5.74, 6) is 0.678. The third-order valence-corrected chi connectivity index (χ3v) is 7.42. The molecule has 194 valence electrons. The molecule has 4 aromatic rings. The van der Waals surface area contributed by atoms with Gasteiger partial charge in [0, 0.05) is 18.6 Å². The molecule has 0 radical (unpaired) electrons. The highest BCUT2D eigenvalue weighted by Crippen LogP contribution is 2.45. The second-order valence-corrected chi connectivity index (χ2v) is 10.3. The molecule has 1 saturated heterocycles. The molecule has 1 fully saturated rings. The zero-order chi connectivity index (χ0) is 26.2. The Kier molecular flexibility index (Phi) is 6.54. The highest BCUT2D eigenvalue weighted by atomic mass is 16.5. The van der Waals surface area contributed by atoms with Crippen molar-refractivity contribution in [2.75, 3.05) is 26.1 Å². The zero-order valence-corrected chi connectivity index (χ0v) is 21.9. The van der Waals surface area contributed by atoms with Gasteiger partial charge in [-0.05, 0) is 69.9 Å². The van der Waals surface area contributed by atoms with E-state index in [0.29, 0.717) is 35.7 Å². The summed E-state index contributed by atoms with van der Waals surface area (Å²) in [5.41, 5.74) is 10.3. The molecule has 2 N–H and O–H groups in total. The molecule has 0 saturated carbocycles. The zero-order valence-electron chi connectivity index (χ0n) is 21.9. The van der Waals surface area contributed by atoms with Gasteiger partial charge in [-0.2, -0.15) is 0 Å². The molecule has 8 heteroatoms. The first-order valence-electron chi connectivity index (χ1n) is 12.8. The van der Waals surface area contributed by atoms with E-state index in [4.69, 9.17) is 29.9 Å². The number of esters is 1. The summed E-state index contributed by atoms with van der Waals surface area (Å²) >= 11 is 0. The summed E-state index contributed by atoms with van der Waals surface area (Å²) in [7, 11) is 1.67. The van der Waals surface area contributed by atoms with Crippen LogP contribution in [0.15, 0.2) is 48.5 Å². The van der Waals surface area contributed by atoms with Crippen LogP contribution in [0, 0.1) is 0 Å². The maximum Gasteiger partial charge on any atom is 0.344 e. The van der Waals surface area contributed by atoms with E-state index >= 15 is 0 Å². The Morgan fingerprint density at radius 1 is 1.11 bits per heavy atom. The van der Waals surface area contributed by atoms with Crippen LogP contribution in [0.4, 0.5) is 5.82 Å². The van der Waals surface area contributed by atoms with Gasteiger partial charge in [-0.15, -0.1) is 0 Å². The van der Waals surface area contributed by atoms with Crippen molar-refractivity contribution < 1.29 is 19.0 Å². The standard InChI is InChI=1S/C29H34N4O4/c1-5-36-27(34)23-24-26(32-22-9-7-6-8-21(22)31-24)33(25(23)30)16-14-29(15-17-37-28(2,3)18-29)19-10-12-20(35-4)13-11-19/h6-13H,5,14-18,30H2,1-4H3/t29-/m0/s1. The van der Waals surface area contributed by atoms with E-state index in [1.54, 1.807) is 14.0 Å². The number of nitrogens with zero attached hydrogens (tertiary/aromatic N) is 3. The van der Waals surface area contributed by atoms with Gasteiger partial charge >= 0.3 is 5.97 Å². The molecule has 0 spiro atoms. The number of carbonyl (C=O) groups excluding carboxylic acids is 1. The number of fused-ring (bicyclic) bond motifs is 2. The van der Waals surface area contributed by atoms with E-state index in [1.807, 2.05) is 41.0 Å². The summed E-state index contributed by atoms with van der Waals surface area (Å²) in [4.78, 5) is 22.6. The quantitative estimate of drug-likeness (QED) is 0.344. The van der Waals surface area contributed by atoms with Gasteiger partial charge < -0.3 is 24.5 Å². The normalized spacial score (nSPS) is 19.2. The van der Waals surface area contributed by atoms with Crippen molar-refractivity contribution in [2.24, 2.45) is 0 Å². The lowest BCUT2D eigenvalue weighted by atomic mass is 9.67. The Hall–Kier alpha value is -3.65. The molecule has 0 unspecified atom stereocenters. The number of carbonyl (C=O) groups is 1. The van der Waals surface area contributed by atoms with Crippen LogP contribution in [0.3, 0.4) is 0 Å². The van der Waals surface area contributed by atoms with Crippen molar-refractivity contribution in [2.45, 2.75) is 57.6 Å². The fraction of sp³-hybridized carbons (Fsp3) is 0.414. The first-order chi connectivity index (χ1) is 17.8. The SMILES string of the molecule is CCOC(=O)c1c(N)n(CC[C@]2(c3ccc(OC)cc3)CCOC(C)(C)C2)c2nc3ccccc3nc12. The molecular formula is C29H34N4O4. The third kappa shape index (κ3) is 4.62. The van der Waals surface area contributed by atoms with Gasteiger partial charge in [0.1, 0.15) is 22.6 Å². The number of hydrogen-bond acceptors (Lipinski definition) is 7. The van der Waals surface area contributed by atoms with Gasteiger partial charge in [-0.1, -0.05) is 24.3 Å². The minimum atomic E-state index is -0.481. The third-order valence-electron chi connectivity index (χ3n) is 7.42. The average molecular weight is 503 g/mol. The summed E-state index contributed by atoms with van der Waals surface area (Å²) in [6, 6.07) is 15.9. The fourth-order valence-electron chi connectivity index (χ4n) is 5.70. The monoisotopic (exact) mass is 502 g/mol. The number of nitrogen functional groups attached to an aromatic ring is 1. The number of aryl methyl sites for hydroxylation is 1. The topological polar surface area (TPSA) is 101 Å². The molecule has 8 nitrogen and oxygen atoms in total. The number of para-hydroxylation sites is 2. The Morgan fingerprint density at radius 3 is 2.46 bits per heavy atom. The molecule has 0 bridgehead atoms. The van der Waals surface area contributed by atoms with E-state index < -0.39 is 5.97 Å². The number of nitrogens with two attached hydrogens (primary N) is 1. The number of hydrogen-bond donors (Lipinski definition) is 1. The van der Waals surface area contributed by atoms with Crippen molar-refractivity contribution in [1.82, 2.24) is 14.5 Å². The van der Waals surface area contributed by atoms with Crippen molar-refractivity contribution >= 4 is 34.0 Å². The molecular weight excluding hydrogens is 468 g/mol. The van der Waals surface area contributed by atoms with Crippen LogP contribution >= 0.6 is 0 Å². The van der Waals surface area contributed by atoms with Crippen LogP contribution in [0.5, 0.6) is 5.75 Å². The Bertz CT molecular complexity index is 1440. The lowest BCUT2D eigenvalue weighted by Gasteiger charge is -2.45. The minimum absolute atomic E-state index is 0.147. The maximum atomic E-state index is 13.0. The number of aromatic nitrogens is 3. The molecule has 1 aliphatic rings. The van der Waals surface area contributed by atoms with Crippen molar-refractivity contribution in [3.63, 3.8) is 0 Å². The van der Waals surface area contributed by atoms with Gasteiger partial charge in [-0.25, -0.2) is 14.8 Å². The Balaban J connectivity index is 1.60. The molecule has 1 aliphatic heterocycles. The average Bonchev–Trinajstić information content (AvgIpc) is 3.15. The van der Waals surface area contributed by atoms with Crippen LogP contribution < -0.4 is 10.5 Å². The molecule has 37 heavy (non-hydrogen) atoms. The van der Waals surface area contributed by atoms with Crippen molar-refractivity contribution in [3.8, 4) is 5.75 Å². The first-order valence-corrected chi connectivity index (χ1v) is 12.8. The summed E-state index contributed by atoms with van der Waals surface area (Å²) in [6.07, 6.45) is 2.52. The second-order valence-electron chi connectivity index (χ2n) is 10.3. The van der Waals surface area contributed by atoms with Crippen LogP contribution in [0.25, 0.3) is 22.2 Å². The molecule has 1 atom stereocenters. The van der Waals surface area contributed by atoms with E-state index in [0.717, 1.165) is 30.5 Å². The van der Waals surface area contributed by atoms with Gasteiger partial charge in [-0.3, -0.25) is 0 Å². The minimum Gasteiger partial charge on any atom is -0.497 e. The number of methoxy groups -OCH3 is 1. The molecule has 5 rings (SSSR count). The maximum absolute atomic E-state index is 13.0. The molecule has 0 aliphatic carbocycles.